The molecule has 1 aliphatic rings. The zero-order valence-electron chi connectivity index (χ0n) is 10.00. The summed E-state index contributed by atoms with van der Waals surface area (Å²) >= 11 is 0. The molecule has 0 fully saturated rings. The number of alkyl halides is 3. The van der Waals surface area contributed by atoms with E-state index in [4.69, 9.17) is 9.84 Å². The van der Waals surface area contributed by atoms with Crippen LogP contribution >= 0.6 is 0 Å². The van der Waals surface area contributed by atoms with E-state index in [-0.39, 0.29) is 12.3 Å². The number of aliphatic hydroxyl groups excluding tert-OH is 1. The standard InChI is InChI=1S/C13H15F3O2/c1-8-2-3-11-10(6-8)9(4-5-18-11)7-12(17)13(14,15)16/h2-3,6,9,12,17H,4-5,7H2,1H3. The van der Waals surface area contributed by atoms with E-state index in [0.717, 1.165) is 11.1 Å². The minimum atomic E-state index is -4.55. The van der Waals surface area contributed by atoms with Crippen LogP contribution in [0.4, 0.5) is 13.2 Å². The van der Waals surface area contributed by atoms with Gasteiger partial charge in [-0.15, -0.1) is 0 Å². The van der Waals surface area contributed by atoms with Crippen molar-refractivity contribution in [2.45, 2.75) is 38.0 Å². The molecule has 2 unspecified atom stereocenters. The Morgan fingerprint density at radius 1 is 1.44 bits per heavy atom. The molecule has 2 nitrogen and oxygen atoms in total. The molecule has 0 spiro atoms. The van der Waals surface area contributed by atoms with Crippen LogP contribution in [0.25, 0.3) is 0 Å². The summed E-state index contributed by atoms with van der Waals surface area (Å²) in [7, 11) is 0. The second-order valence-electron chi connectivity index (χ2n) is 4.67. The Bertz CT molecular complexity index is 429. The van der Waals surface area contributed by atoms with Crippen LogP contribution in [-0.2, 0) is 0 Å². The van der Waals surface area contributed by atoms with Crippen LogP contribution in [0.1, 0.15) is 29.9 Å². The smallest absolute Gasteiger partial charge is 0.414 e. The average molecular weight is 260 g/mol. The molecule has 5 heteroatoms. The van der Waals surface area contributed by atoms with Gasteiger partial charge in [0.2, 0.25) is 0 Å². The third-order valence-corrected chi connectivity index (χ3v) is 3.21. The lowest BCUT2D eigenvalue weighted by atomic mass is 9.87. The summed E-state index contributed by atoms with van der Waals surface area (Å²) in [6, 6.07) is 5.47. The molecule has 18 heavy (non-hydrogen) atoms. The Labute approximate surface area is 103 Å². The van der Waals surface area contributed by atoms with Crippen LogP contribution in [0.15, 0.2) is 18.2 Å². The van der Waals surface area contributed by atoms with E-state index in [9.17, 15) is 13.2 Å². The van der Waals surface area contributed by atoms with Gasteiger partial charge < -0.3 is 9.84 Å². The van der Waals surface area contributed by atoms with Crippen molar-refractivity contribution in [1.82, 2.24) is 0 Å². The molecule has 100 valence electrons. The van der Waals surface area contributed by atoms with Crippen molar-refractivity contribution in [3.63, 3.8) is 0 Å². The van der Waals surface area contributed by atoms with E-state index in [1.54, 1.807) is 6.07 Å². The van der Waals surface area contributed by atoms with Crippen molar-refractivity contribution in [1.29, 1.82) is 0 Å². The molecule has 0 amide bonds. The molecular weight excluding hydrogens is 245 g/mol. The highest BCUT2D eigenvalue weighted by molar-refractivity contribution is 5.40. The first kappa shape index (κ1) is 13.2. The number of ether oxygens (including phenoxy) is 1. The van der Waals surface area contributed by atoms with Crippen molar-refractivity contribution in [2.75, 3.05) is 6.61 Å². The molecule has 2 atom stereocenters. The van der Waals surface area contributed by atoms with Gasteiger partial charge in [-0.25, -0.2) is 0 Å². The van der Waals surface area contributed by atoms with E-state index in [0.29, 0.717) is 18.8 Å². The minimum Gasteiger partial charge on any atom is -0.493 e. The fraction of sp³-hybridized carbons (Fsp3) is 0.538. The van der Waals surface area contributed by atoms with Crippen molar-refractivity contribution < 1.29 is 23.0 Å². The van der Waals surface area contributed by atoms with E-state index in [2.05, 4.69) is 0 Å². The molecule has 0 bridgehead atoms. The molecule has 0 saturated carbocycles. The molecule has 1 aromatic carbocycles. The maximum absolute atomic E-state index is 12.4. The Morgan fingerprint density at radius 3 is 2.83 bits per heavy atom. The predicted octanol–water partition coefficient (Wildman–Crippen LogP) is 3.17. The molecule has 0 radical (unpaired) electrons. The van der Waals surface area contributed by atoms with Gasteiger partial charge in [-0.3, -0.25) is 0 Å². The van der Waals surface area contributed by atoms with Gasteiger partial charge in [0.1, 0.15) is 11.9 Å². The Hall–Kier alpha value is -1.23. The van der Waals surface area contributed by atoms with Gasteiger partial charge in [0.05, 0.1) is 6.61 Å². The quantitative estimate of drug-likeness (QED) is 0.885. The van der Waals surface area contributed by atoms with Crippen LogP contribution in [0.3, 0.4) is 0 Å². The predicted molar refractivity (Wildman–Crippen MR) is 60.7 cm³/mol. The first-order valence-corrected chi connectivity index (χ1v) is 5.86. The highest BCUT2D eigenvalue weighted by atomic mass is 19.4. The third-order valence-electron chi connectivity index (χ3n) is 3.21. The number of hydrogen-bond donors (Lipinski definition) is 1. The van der Waals surface area contributed by atoms with Crippen molar-refractivity contribution in [3.05, 3.63) is 29.3 Å². The SMILES string of the molecule is Cc1ccc2c(c1)C(CC(O)C(F)(F)F)CCO2. The summed E-state index contributed by atoms with van der Waals surface area (Å²) in [4.78, 5) is 0. The van der Waals surface area contributed by atoms with Crippen LogP contribution in [0, 0.1) is 6.92 Å². The maximum atomic E-state index is 12.4. The van der Waals surface area contributed by atoms with Gasteiger partial charge in [-0.2, -0.15) is 13.2 Å². The summed E-state index contributed by atoms with van der Waals surface area (Å²) in [6.45, 7) is 2.28. The first-order chi connectivity index (χ1) is 8.38. The third kappa shape index (κ3) is 2.77. The molecule has 0 aromatic heterocycles. The fourth-order valence-corrected chi connectivity index (χ4v) is 2.23. The number of aliphatic hydroxyl groups is 1. The lowest BCUT2D eigenvalue weighted by Gasteiger charge is -2.28. The van der Waals surface area contributed by atoms with Crippen molar-refractivity contribution in [3.8, 4) is 5.75 Å². The van der Waals surface area contributed by atoms with Gasteiger partial charge >= 0.3 is 6.18 Å². The number of aryl methyl sites for hydroxylation is 1. The van der Waals surface area contributed by atoms with Crippen molar-refractivity contribution in [2.24, 2.45) is 0 Å². The lowest BCUT2D eigenvalue weighted by molar-refractivity contribution is -0.207. The Morgan fingerprint density at radius 2 is 2.17 bits per heavy atom. The summed E-state index contributed by atoms with van der Waals surface area (Å²) in [5, 5.41) is 9.17. The fourth-order valence-electron chi connectivity index (χ4n) is 2.23. The normalized spacial score (nSPS) is 21.1. The second-order valence-corrected chi connectivity index (χ2v) is 4.67. The van der Waals surface area contributed by atoms with Gasteiger partial charge in [-0.05, 0) is 37.3 Å². The lowest BCUT2D eigenvalue weighted by Crippen LogP contribution is -2.31. The number of halogens is 3. The summed E-state index contributed by atoms with van der Waals surface area (Å²) in [5.41, 5.74) is 1.75. The molecule has 0 aliphatic carbocycles. The molecular formula is C13H15F3O2. The van der Waals surface area contributed by atoms with Gasteiger partial charge in [0.25, 0.3) is 0 Å². The van der Waals surface area contributed by atoms with E-state index >= 15 is 0 Å². The summed E-state index contributed by atoms with van der Waals surface area (Å²) in [5.74, 6) is 0.330. The van der Waals surface area contributed by atoms with Gasteiger partial charge in [0.15, 0.2) is 0 Å². The largest absolute Gasteiger partial charge is 0.493 e. The molecule has 1 aliphatic heterocycles. The van der Waals surface area contributed by atoms with Gasteiger partial charge in [-0.1, -0.05) is 17.7 Å². The maximum Gasteiger partial charge on any atom is 0.414 e. The van der Waals surface area contributed by atoms with Crippen LogP contribution < -0.4 is 4.74 Å². The van der Waals surface area contributed by atoms with Crippen LogP contribution in [0.5, 0.6) is 5.75 Å². The molecule has 1 N–H and O–H groups in total. The van der Waals surface area contributed by atoms with Gasteiger partial charge in [0, 0.05) is 0 Å². The Balaban J connectivity index is 2.20. The number of rotatable bonds is 2. The second kappa shape index (κ2) is 4.80. The highest BCUT2D eigenvalue weighted by Gasteiger charge is 2.40. The Kier molecular flexibility index (Phi) is 3.52. The minimum absolute atomic E-state index is 0.301. The number of benzene rings is 1. The van der Waals surface area contributed by atoms with Crippen molar-refractivity contribution >= 4 is 0 Å². The van der Waals surface area contributed by atoms with Crippen LogP contribution in [0.2, 0.25) is 0 Å². The zero-order chi connectivity index (χ0) is 13.3. The number of hydrogen-bond acceptors (Lipinski definition) is 2. The molecule has 1 aromatic rings. The monoisotopic (exact) mass is 260 g/mol. The summed E-state index contributed by atoms with van der Waals surface area (Å²) < 4.78 is 42.5. The van der Waals surface area contributed by atoms with E-state index in [1.165, 1.54) is 0 Å². The molecule has 2 rings (SSSR count). The zero-order valence-corrected chi connectivity index (χ0v) is 10.00. The number of fused-ring (bicyclic) bond motifs is 1. The average Bonchev–Trinajstić information content (AvgIpc) is 2.28. The van der Waals surface area contributed by atoms with E-state index in [1.807, 2.05) is 19.1 Å². The molecule has 0 saturated heterocycles. The highest BCUT2D eigenvalue weighted by Crippen LogP contribution is 2.39. The topological polar surface area (TPSA) is 29.5 Å². The molecule has 1 heterocycles. The van der Waals surface area contributed by atoms with Crippen LogP contribution in [-0.4, -0.2) is 24.0 Å². The van der Waals surface area contributed by atoms with E-state index < -0.39 is 12.3 Å². The summed E-state index contributed by atoms with van der Waals surface area (Å²) in [6.07, 6.45) is -6.62. The first-order valence-electron chi connectivity index (χ1n) is 5.86.